The summed E-state index contributed by atoms with van der Waals surface area (Å²) >= 11 is 0. The van der Waals surface area contributed by atoms with Crippen molar-refractivity contribution in [2.75, 3.05) is 21.3 Å². The molecule has 1 heterocycles. The van der Waals surface area contributed by atoms with Crippen LogP contribution in [0.4, 0.5) is 0 Å². The minimum Gasteiger partial charge on any atom is -0.493 e. The summed E-state index contributed by atoms with van der Waals surface area (Å²) in [6.45, 7) is 2.66. The molecule has 0 N–H and O–H groups in total. The van der Waals surface area contributed by atoms with Crippen LogP contribution >= 0.6 is 0 Å². The van der Waals surface area contributed by atoms with Gasteiger partial charge in [-0.1, -0.05) is 12.1 Å². The Hall–Kier alpha value is -2.69. The third-order valence-electron chi connectivity index (χ3n) is 3.96. The molecule has 5 heteroatoms. The molecule has 0 unspecified atom stereocenters. The standard InChI is InChI=1S/C18H20N2O3/c1-12-19-14-7-5-6-8-15(14)20(12)11-13-9-10-16(21-2)18(23-4)17(13)22-3/h5-10H,11H2,1-4H3. The molecule has 2 aromatic carbocycles. The molecule has 23 heavy (non-hydrogen) atoms. The van der Waals surface area contributed by atoms with E-state index in [1.165, 1.54) is 0 Å². The maximum atomic E-state index is 5.57. The SMILES string of the molecule is COc1ccc(Cn2c(C)nc3ccccc32)c(OC)c1OC. The number of para-hydroxylation sites is 2. The first-order valence-corrected chi connectivity index (χ1v) is 7.39. The Kier molecular flexibility index (Phi) is 4.10. The van der Waals surface area contributed by atoms with Crippen LogP contribution in [-0.2, 0) is 6.54 Å². The van der Waals surface area contributed by atoms with Crippen molar-refractivity contribution in [1.29, 1.82) is 0 Å². The molecule has 0 radical (unpaired) electrons. The van der Waals surface area contributed by atoms with Gasteiger partial charge in [0.2, 0.25) is 5.75 Å². The monoisotopic (exact) mass is 312 g/mol. The van der Waals surface area contributed by atoms with E-state index in [9.17, 15) is 0 Å². The zero-order valence-corrected chi connectivity index (χ0v) is 13.8. The zero-order valence-electron chi connectivity index (χ0n) is 13.8. The summed E-state index contributed by atoms with van der Waals surface area (Å²) in [5, 5.41) is 0. The first-order chi connectivity index (χ1) is 11.2. The number of methoxy groups -OCH3 is 3. The molecule has 3 aromatic rings. The molecule has 0 aliphatic heterocycles. The van der Waals surface area contributed by atoms with Gasteiger partial charge in [0.25, 0.3) is 0 Å². The van der Waals surface area contributed by atoms with Gasteiger partial charge in [-0.2, -0.15) is 0 Å². The van der Waals surface area contributed by atoms with E-state index in [1.807, 2.05) is 37.3 Å². The lowest BCUT2D eigenvalue weighted by molar-refractivity contribution is 0.322. The normalized spacial score (nSPS) is 10.8. The van der Waals surface area contributed by atoms with Crippen LogP contribution in [-0.4, -0.2) is 30.9 Å². The Balaban J connectivity index is 2.10. The number of hydrogen-bond acceptors (Lipinski definition) is 4. The number of nitrogens with zero attached hydrogens (tertiary/aromatic N) is 2. The second kappa shape index (κ2) is 6.20. The summed E-state index contributed by atoms with van der Waals surface area (Å²) in [7, 11) is 4.87. The topological polar surface area (TPSA) is 45.5 Å². The average molecular weight is 312 g/mol. The Morgan fingerprint density at radius 3 is 2.35 bits per heavy atom. The van der Waals surface area contributed by atoms with Crippen LogP contribution in [0.15, 0.2) is 36.4 Å². The molecule has 0 saturated heterocycles. The summed E-state index contributed by atoms with van der Waals surface area (Å²) in [4.78, 5) is 4.61. The van der Waals surface area contributed by atoms with Crippen molar-refractivity contribution in [2.24, 2.45) is 0 Å². The summed E-state index contributed by atoms with van der Waals surface area (Å²) < 4.78 is 18.5. The first-order valence-electron chi connectivity index (χ1n) is 7.39. The highest BCUT2D eigenvalue weighted by Gasteiger charge is 2.17. The molecule has 5 nitrogen and oxygen atoms in total. The van der Waals surface area contributed by atoms with Gasteiger partial charge in [0.05, 0.1) is 38.9 Å². The number of hydrogen-bond donors (Lipinski definition) is 0. The van der Waals surface area contributed by atoms with Crippen LogP contribution in [0.1, 0.15) is 11.4 Å². The quantitative estimate of drug-likeness (QED) is 0.724. The van der Waals surface area contributed by atoms with Crippen molar-refractivity contribution >= 4 is 11.0 Å². The lowest BCUT2D eigenvalue weighted by atomic mass is 10.1. The molecular weight excluding hydrogens is 292 g/mol. The molecular formula is C18H20N2O3. The highest BCUT2D eigenvalue weighted by atomic mass is 16.5. The number of fused-ring (bicyclic) bond motifs is 1. The van der Waals surface area contributed by atoms with Gasteiger partial charge < -0.3 is 18.8 Å². The predicted octanol–water partition coefficient (Wildman–Crippen LogP) is 3.42. The molecule has 0 aliphatic carbocycles. The van der Waals surface area contributed by atoms with E-state index in [0.29, 0.717) is 23.8 Å². The van der Waals surface area contributed by atoms with E-state index in [2.05, 4.69) is 15.6 Å². The first kappa shape index (κ1) is 15.2. The Labute approximate surface area is 135 Å². The number of benzene rings is 2. The highest BCUT2D eigenvalue weighted by molar-refractivity contribution is 5.76. The van der Waals surface area contributed by atoms with Crippen molar-refractivity contribution in [3.8, 4) is 17.2 Å². The fourth-order valence-electron chi connectivity index (χ4n) is 2.85. The van der Waals surface area contributed by atoms with Crippen LogP contribution in [0.5, 0.6) is 17.2 Å². The maximum absolute atomic E-state index is 5.57. The predicted molar refractivity (Wildman–Crippen MR) is 89.7 cm³/mol. The van der Waals surface area contributed by atoms with Crippen LogP contribution in [0, 0.1) is 6.92 Å². The van der Waals surface area contributed by atoms with E-state index < -0.39 is 0 Å². The van der Waals surface area contributed by atoms with Gasteiger partial charge >= 0.3 is 0 Å². The summed E-state index contributed by atoms with van der Waals surface area (Å²) in [5.41, 5.74) is 3.10. The number of imidazole rings is 1. The molecule has 0 spiro atoms. The fraction of sp³-hybridized carbons (Fsp3) is 0.278. The van der Waals surface area contributed by atoms with Crippen molar-refractivity contribution in [3.05, 3.63) is 47.8 Å². The number of aromatic nitrogens is 2. The Morgan fingerprint density at radius 2 is 1.65 bits per heavy atom. The summed E-state index contributed by atoms with van der Waals surface area (Å²) in [6, 6.07) is 12.0. The second-order valence-corrected chi connectivity index (χ2v) is 5.23. The summed E-state index contributed by atoms with van der Waals surface area (Å²) in [5.74, 6) is 2.90. The van der Waals surface area contributed by atoms with Gasteiger partial charge in [0, 0.05) is 5.56 Å². The number of aryl methyl sites for hydroxylation is 1. The summed E-state index contributed by atoms with van der Waals surface area (Å²) in [6.07, 6.45) is 0. The van der Waals surface area contributed by atoms with Gasteiger partial charge in [0.1, 0.15) is 5.82 Å². The lowest BCUT2D eigenvalue weighted by Gasteiger charge is -2.16. The van der Waals surface area contributed by atoms with Crippen molar-refractivity contribution in [2.45, 2.75) is 13.5 Å². The van der Waals surface area contributed by atoms with Gasteiger partial charge in [0.15, 0.2) is 11.5 Å². The van der Waals surface area contributed by atoms with Crippen molar-refractivity contribution in [3.63, 3.8) is 0 Å². The molecule has 0 amide bonds. The third kappa shape index (κ3) is 2.59. The van der Waals surface area contributed by atoms with E-state index in [-0.39, 0.29) is 0 Å². The number of rotatable bonds is 5. The average Bonchev–Trinajstić information content (AvgIpc) is 2.90. The van der Waals surface area contributed by atoms with Gasteiger partial charge in [-0.05, 0) is 31.2 Å². The third-order valence-corrected chi connectivity index (χ3v) is 3.96. The lowest BCUT2D eigenvalue weighted by Crippen LogP contribution is -2.05. The van der Waals surface area contributed by atoms with E-state index >= 15 is 0 Å². The second-order valence-electron chi connectivity index (χ2n) is 5.23. The van der Waals surface area contributed by atoms with Gasteiger partial charge in [-0.3, -0.25) is 0 Å². The Bertz CT molecular complexity index is 840. The van der Waals surface area contributed by atoms with Gasteiger partial charge in [-0.15, -0.1) is 0 Å². The maximum Gasteiger partial charge on any atom is 0.203 e. The molecule has 120 valence electrons. The van der Waals surface area contributed by atoms with Crippen LogP contribution in [0.25, 0.3) is 11.0 Å². The van der Waals surface area contributed by atoms with E-state index in [1.54, 1.807) is 21.3 Å². The van der Waals surface area contributed by atoms with Gasteiger partial charge in [-0.25, -0.2) is 4.98 Å². The van der Waals surface area contributed by atoms with Crippen molar-refractivity contribution < 1.29 is 14.2 Å². The Morgan fingerprint density at radius 1 is 0.913 bits per heavy atom. The zero-order chi connectivity index (χ0) is 16.4. The molecule has 1 aromatic heterocycles. The molecule has 0 bridgehead atoms. The fourth-order valence-corrected chi connectivity index (χ4v) is 2.85. The number of ether oxygens (including phenoxy) is 3. The van der Waals surface area contributed by atoms with Crippen molar-refractivity contribution in [1.82, 2.24) is 9.55 Å². The minimum absolute atomic E-state index is 0.606. The smallest absolute Gasteiger partial charge is 0.203 e. The largest absolute Gasteiger partial charge is 0.493 e. The molecule has 0 atom stereocenters. The van der Waals surface area contributed by atoms with E-state index in [4.69, 9.17) is 14.2 Å². The molecule has 0 aliphatic rings. The van der Waals surface area contributed by atoms with Crippen LogP contribution < -0.4 is 14.2 Å². The molecule has 3 rings (SSSR count). The van der Waals surface area contributed by atoms with Crippen LogP contribution in [0.2, 0.25) is 0 Å². The van der Waals surface area contributed by atoms with Crippen LogP contribution in [0.3, 0.4) is 0 Å². The molecule has 0 fully saturated rings. The van der Waals surface area contributed by atoms with E-state index in [0.717, 1.165) is 22.4 Å². The molecule has 0 saturated carbocycles. The minimum atomic E-state index is 0.606. The highest BCUT2D eigenvalue weighted by Crippen LogP contribution is 2.40.